The molecule has 0 saturated heterocycles. The van der Waals surface area contributed by atoms with E-state index in [1.54, 1.807) is 0 Å². The highest BCUT2D eigenvalue weighted by atomic mass is 32.1. The number of carbonyl (C=O) groups is 1. The summed E-state index contributed by atoms with van der Waals surface area (Å²) in [4.78, 5) is 12.2. The average molecular weight is 287 g/mol. The van der Waals surface area contributed by atoms with Crippen LogP contribution in [-0.4, -0.2) is 27.8 Å². The highest BCUT2D eigenvalue weighted by molar-refractivity contribution is 7.09. The van der Waals surface area contributed by atoms with E-state index in [-0.39, 0.29) is 5.69 Å². The van der Waals surface area contributed by atoms with Crippen molar-refractivity contribution in [3.63, 3.8) is 0 Å². The minimum atomic E-state index is -0.533. The number of benzene rings is 1. The highest BCUT2D eigenvalue weighted by Crippen LogP contribution is 2.34. The van der Waals surface area contributed by atoms with Crippen LogP contribution in [0.25, 0.3) is 21.7 Å². The van der Waals surface area contributed by atoms with Crippen LogP contribution in [0.2, 0.25) is 0 Å². The molecule has 2 heterocycles. The maximum Gasteiger partial charge on any atom is 0.360 e. The van der Waals surface area contributed by atoms with E-state index in [1.165, 1.54) is 13.4 Å². The average Bonchev–Trinajstić information content (AvgIpc) is 3.15. The molecule has 0 unspecified atom stereocenters. The Morgan fingerprint density at radius 1 is 1.30 bits per heavy atom. The number of hydrogen-bond acceptors (Lipinski definition) is 7. The second kappa shape index (κ2) is 5.22. The van der Waals surface area contributed by atoms with Crippen molar-refractivity contribution in [3.8, 4) is 21.7 Å². The van der Waals surface area contributed by atoms with Crippen molar-refractivity contribution in [2.45, 2.75) is 0 Å². The lowest BCUT2D eigenvalue weighted by Gasteiger charge is -2.00. The Bertz CT molecular complexity index is 736. The Morgan fingerprint density at radius 3 is 2.85 bits per heavy atom. The van der Waals surface area contributed by atoms with Gasteiger partial charge in [-0.3, -0.25) is 0 Å². The number of methoxy groups -OCH3 is 1. The van der Waals surface area contributed by atoms with E-state index in [0.29, 0.717) is 16.1 Å². The first kappa shape index (κ1) is 12.5. The molecule has 0 fully saturated rings. The normalized spacial score (nSPS) is 10.4. The summed E-state index contributed by atoms with van der Waals surface area (Å²) in [7, 11) is 1.30. The molecule has 2 aromatic heterocycles. The zero-order chi connectivity index (χ0) is 13.9. The summed E-state index contributed by atoms with van der Waals surface area (Å²) in [6, 6.07) is 9.54. The standard InChI is InChI=1S/C13H9N3O3S/c1-18-13(17)11-12(20-16-14-11)9-7-19-15-10(9)8-5-3-2-4-6-8/h2-7H,1H3. The molecular formula is C13H9N3O3S. The van der Waals surface area contributed by atoms with E-state index in [4.69, 9.17) is 9.26 Å². The molecule has 1 aromatic carbocycles. The second-order valence-electron chi connectivity index (χ2n) is 3.89. The number of esters is 1. The summed E-state index contributed by atoms with van der Waals surface area (Å²) in [5.41, 5.74) is 2.37. The van der Waals surface area contributed by atoms with Crippen LogP contribution in [-0.2, 0) is 4.74 Å². The Morgan fingerprint density at radius 2 is 2.10 bits per heavy atom. The molecule has 3 rings (SSSR count). The van der Waals surface area contributed by atoms with Crippen LogP contribution in [0.5, 0.6) is 0 Å². The van der Waals surface area contributed by atoms with Gasteiger partial charge < -0.3 is 9.26 Å². The third-order valence-electron chi connectivity index (χ3n) is 2.73. The maximum absolute atomic E-state index is 11.7. The molecule has 100 valence electrons. The predicted octanol–water partition coefficient (Wildman–Crippen LogP) is 2.65. The highest BCUT2D eigenvalue weighted by Gasteiger charge is 2.23. The van der Waals surface area contributed by atoms with E-state index in [1.807, 2.05) is 30.3 Å². The van der Waals surface area contributed by atoms with Gasteiger partial charge in [0.1, 0.15) is 12.0 Å². The summed E-state index contributed by atoms with van der Waals surface area (Å²) in [5, 5.41) is 7.79. The fraction of sp³-hybridized carbons (Fsp3) is 0.0769. The van der Waals surface area contributed by atoms with E-state index >= 15 is 0 Å². The monoisotopic (exact) mass is 287 g/mol. The van der Waals surface area contributed by atoms with Crippen molar-refractivity contribution in [2.75, 3.05) is 7.11 Å². The molecule has 6 nitrogen and oxygen atoms in total. The third-order valence-corrected chi connectivity index (χ3v) is 3.49. The summed E-state index contributed by atoms with van der Waals surface area (Å²) in [6.45, 7) is 0. The molecule has 0 bridgehead atoms. The minimum Gasteiger partial charge on any atom is -0.464 e. The van der Waals surface area contributed by atoms with Gasteiger partial charge in [-0.05, 0) is 11.5 Å². The molecule has 0 spiro atoms. The first-order valence-electron chi connectivity index (χ1n) is 5.72. The fourth-order valence-electron chi connectivity index (χ4n) is 1.80. The van der Waals surface area contributed by atoms with E-state index in [9.17, 15) is 4.79 Å². The largest absolute Gasteiger partial charge is 0.464 e. The Labute approximate surface area is 118 Å². The van der Waals surface area contributed by atoms with Gasteiger partial charge >= 0.3 is 5.97 Å². The van der Waals surface area contributed by atoms with Crippen LogP contribution in [0.15, 0.2) is 41.1 Å². The van der Waals surface area contributed by atoms with Crippen LogP contribution in [0.4, 0.5) is 0 Å². The quantitative estimate of drug-likeness (QED) is 0.689. The molecule has 0 aliphatic carbocycles. The topological polar surface area (TPSA) is 78.1 Å². The molecule has 0 aliphatic heterocycles. The van der Waals surface area contributed by atoms with Crippen LogP contribution in [0.3, 0.4) is 0 Å². The van der Waals surface area contributed by atoms with E-state index in [2.05, 4.69) is 14.7 Å². The fourth-order valence-corrected chi connectivity index (χ4v) is 2.46. The van der Waals surface area contributed by atoms with Gasteiger partial charge in [-0.25, -0.2) is 4.79 Å². The van der Waals surface area contributed by atoms with Gasteiger partial charge in [-0.1, -0.05) is 40.0 Å². The molecule has 0 atom stereocenters. The van der Waals surface area contributed by atoms with Gasteiger partial charge in [-0.15, -0.1) is 5.10 Å². The first-order valence-corrected chi connectivity index (χ1v) is 6.49. The molecule has 7 heteroatoms. The lowest BCUT2D eigenvalue weighted by atomic mass is 10.1. The van der Waals surface area contributed by atoms with Gasteiger partial charge in [0.2, 0.25) is 0 Å². The zero-order valence-electron chi connectivity index (χ0n) is 10.4. The lowest BCUT2D eigenvalue weighted by molar-refractivity contribution is 0.0595. The van der Waals surface area contributed by atoms with Crippen molar-refractivity contribution in [1.29, 1.82) is 0 Å². The Hall–Kier alpha value is -2.54. The van der Waals surface area contributed by atoms with Crippen LogP contribution >= 0.6 is 11.5 Å². The molecular weight excluding hydrogens is 278 g/mol. The SMILES string of the molecule is COC(=O)c1nnsc1-c1conc1-c1ccccc1. The lowest BCUT2D eigenvalue weighted by Crippen LogP contribution is -2.03. The first-order chi connectivity index (χ1) is 9.81. The van der Waals surface area contributed by atoms with Crippen molar-refractivity contribution in [1.82, 2.24) is 14.7 Å². The molecule has 3 aromatic rings. The van der Waals surface area contributed by atoms with Crippen LogP contribution in [0, 0.1) is 0 Å². The van der Waals surface area contributed by atoms with Crippen molar-refractivity contribution in [3.05, 3.63) is 42.3 Å². The Balaban J connectivity index is 2.12. The summed E-state index contributed by atoms with van der Waals surface area (Å²) >= 11 is 1.10. The van der Waals surface area contributed by atoms with Crippen molar-refractivity contribution in [2.24, 2.45) is 0 Å². The number of hydrogen-bond donors (Lipinski definition) is 0. The third kappa shape index (κ3) is 2.08. The smallest absolute Gasteiger partial charge is 0.360 e. The minimum absolute atomic E-state index is 0.165. The number of aromatic nitrogens is 3. The molecule has 0 saturated carbocycles. The number of nitrogens with zero attached hydrogens (tertiary/aromatic N) is 3. The molecule has 0 radical (unpaired) electrons. The predicted molar refractivity (Wildman–Crippen MR) is 72.2 cm³/mol. The van der Waals surface area contributed by atoms with Gasteiger partial charge in [0.05, 0.1) is 17.6 Å². The van der Waals surface area contributed by atoms with Crippen molar-refractivity contribution < 1.29 is 14.1 Å². The summed E-state index contributed by atoms with van der Waals surface area (Å²) < 4.78 is 13.5. The van der Waals surface area contributed by atoms with Gasteiger partial charge in [-0.2, -0.15) is 0 Å². The van der Waals surface area contributed by atoms with Crippen LogP contribution in [0.1, 0.15) is 10.5 Å². The van der Waals surface area contributed by atoms with Crippen LogP contribution < -0.4 is 0 Å². The number of rotatable bonds is 3. The number of carbonyl (C=O) groups excluding carboxylic acids is 1. The second-order valence-corrected chi connectivity index (χ2v) is 4.64. The molecule has 0 amide bonds. The van der Waals surface area contributed by atoms with E-state index < -0.39 is 5.97 Å². The molecule has 20 heavy (non-hydrogen) atoms. The van der Waals surface area contributed by atoms with Crippen molar-refractivity contribution >= 4 is 17.5 Å². The summed E-state index contributed by atoms with van der Waals surface area (Å²) in [5.74, 6) is -0.533. The summed E-state index contributed by atoms with van der Waals surface area (Å²) in [6.07, 6.45) is 1.48. The maximum atomic E-state index is 11.7. The van der Waals surface area contributed by atoms with Gasteiger partial charge in [0.15, 0.2) is 5.69 Å². The van der Waals surface area contributed by atoms with Gasteiger partial charge in [0, 0.05) is 5.56 Å². The number of ether oxygens (including phenoxy) is 1. The van der Waals surface area contributed by atoms with Gasteiger partial charge in [0.25, 0.3) is 0 Å². The van der Waals surface area contributed by atoms with E-state index in [0.717, 1.165) is 17.1 Å². The molecule has 0 N–H and O–H groups in total. The zero-order valence-corrected chi connectivity index (χ0v) is 11.3. The molecule has 0 aliphatic rings. The Kier molecular flexibility index (Phi) is 3.26.